The smallest absolute Gasteiger partial charge is 0.0192 e. The van der Waals surface area contributed by atoms with E-state index in [1.54, 1.807) is 0 Å². The number of likely N-dealkylation sites (N-methyl/N-ethyl adjacent to an activating group) is 1. The molecule has 1 saturated carbocycles. The predicted octanol–water partition coefficient (Wildman–Crippen LogP) is 0.811. The van der Waals surface area contributed by atoms with Crippen LogP contribution in [-0.2, 0) is 0 Å². The van der Waals surface area contributed by atoms with Gasteiger partial charge in [-0.05, 0) is 52.7 Å². The molecule has 2 rings (SSSR count). The Balaban J connectivity index is 1.62. The molecule has 0 amide bonds. The first kappa shape index (κ1) is 11.4. The van der Waals surface area contributed by atoms with E-state index >= 15 is 0 Å². The SMILES string of the molecule is CC(CNC1CCNCC1)N(C)C1CC1. The van der Waals surface area contributed by atoms with E-state index in [-0.39, 0.29) is 0 Å². The Labute approximate surface area is 93.6 Å². The third-order valence-corrected chi connectivity index (χ3v) is 3.86. The summed E-state index contributed by atoms with van der Waals surface area (Å²) in [6.45, 7) is 5.86. The lowest BCUT2D eigenvalue weighted by atomic mass is 10.1. The fourth-order valence-corrected chi connectivity index (χ4v) is 2.35. The van der Waals surface area contributed by atoms with Crippen LogP contribution in [0.5, 0.6) is 0 Å². The van der Waals surface area contributed by atoms with Crippen LogP contribution in [-0.4, -0.2) is 49.7 Å². The molecule has 3 heteroatoms. The highest BCUT2D eigenvalue weighted by molar-refractivity contribution is 4.86. The molecule has 0 aromatic rings. The van der Waals surface area contributed by atoms with Crippen LogP contribution >= 0.6 is 0 Å². The van der Waals surface area contributed by atoms with Crippen molar-refractivity contribution in [2.24, 2.45) is 0 Å². The summed E-state index contributed by atoms with van der Waals surface area (Å²) in [6.07, 6.45) is 5.40. The molecule has 3 nitrogen and oxygen atoms in total. The lowest BCUT2D eigenvalue weighted by Gasteiger charge is -2.29. The molecule has 2 N–H and O–H groups in total. The van der Waals surface area contributed by atoms with Crippen LogP contribution in [0.25, 0.3) is 0 Å². The van der Waals surface area contributed by atoms with E-state index in [1.165, 1.54) is 38.8 Å². The van der Waals surface area contributed by atoms with E-state index in [1.807, 2.05) is 0 Å². The summed E-state index contributed by atoms with van der Waals surface area (Å²) in [4.78, 5) is 2.54. The average Bonchev–Trinajstić information content (AvgIpc) is 3.10. The Morgan fingerprint density at radius 3 is 2.53 bits per heavy atom. The number of nitrogens with zero attached hydrogens (tertiary/aromatic N) is 1. The van der Waals surface area contributed by atoms with E-state index in [0.29, 0.717) is 6.04 Å². The molecule has 0 aromatic heterocycles. The predicted molar refractivity (Wildman–Crippen MR) is 64.1 cm³/mol. The Morgan fingerprint density at radius 1 is 1.27 bits per heavy atom. The van der Waals surface area contributed by atoms with Crippen LogP contribution < -0.4 is 10.6 Å². The van der Waals surface area contributed by atoms with Crippen LogP contribution in [0.2, 0.25) is 0 Å². The molecule has 88 valence electrons. The fraction of sp³-hybridized carbons (Fsp3) is 1.00. The molecule has 0 bridgehead atoms. The zero-order valence-electron chi connectivity index (χ0n) is 10.1. The third kappa shape index (κ3) is 3.44. The molecular weight excluding hydrogens is 186 g/mol. The van der Waals surface area contributed by atoms with Crippen LogP contribution in [0.1, 0.15) is 32.6 Å². The van der Waals surface area contributed by atoms with Gasteiger partial charge in [0.15, 0.2) is 0 Å². The summed E-state index contributed by atoms with van der Waals surface area (Å²) in [6, 6.07) is 2.32. The lowest BCUT2D eigenvalue weighted by Crippen LogP contribution is -2.46. The standard InChI is InChI=1S/C12H25N3/c1-10(15(2)12-3-4-12)9-14-11-5-7-13-8-6-11/h10-14H,3-9H2,1-2H3. The van der Waals surface area contributed by atoms with E-state index in [4.69, 9.17) is 0 Å². The molecule has 1 aliphatic heterocycles. The zero-order valence-corrected chi connectivity index (χ0v) is 10.1. The first-order valence-corrected chi connectivity index (χ1v) is 6.43. The van der Waals surface area contributed by atoms with Gasteiger partial charge in [-0.25, -0.2) is 0 Å². The monoisotopic (exact) mass is 211 g/mol. The number of hydrogen-bond acceptors (Lipinski definition) is 3. The Kier molecular flexibility index (Phi) is 4.00. The first-order chi connectivity index (χ1) is 7.27. The topological polar surface area (TPSA) is 27.3 Å². The summed E-state index contributed by atoms with van der Waals surface area (Å²) in [5.41, 5.74) is 0. The number of hydrogen-bond donors (Lipinski definition) is 2. The second-order valence-electron chi connectivity index (χ2n) is 5.18. The van der Waals surface area contributed by atoms with Crippen LogP contribution in [0.3, 0.4) is 0 Å². The molecule has 2 aliphatic rings. The van der Waals surface area contributed by atoms with Gasteiger partial charge in [-0.15, -0.1) is 0 Å². The molecule has 1 heterocycles. The van der Waals surface area contributed by atoms with Crippen molar-refractivity contribution in [1.82, 2.24) is 15.5 Å². The van der Waals surface area contributed by atoms with Crippen molar-refractivity contribution in [2.75, 3.05) is 26.7 Å². The van der Waals surface area contributed by atoms with Crippen molar-refractivity contribution in [2.45, 2.75) is 50.7 Å². The number of nitrogens with one attached hydrogen (secondary N) is 2. The van der Waals surface area contributed by atoms with Crippen molar-refractivity contribution >= 4 is 0 Å². The summed E-state index contributed by atoms with van der Waals surface area (Å²) < 4.78 is 0. The van der Waals surface area contributed by atoms with Crippen molar-refractivity contribution in [3.8, 4) is 0 Å². The minimum absolute atomic E-state index is 0.687. The second-order valence-corrected chi connectivity index (χ2v) is 5.18. The van der Waals surface area contributed by atoms with Crippen molar-refractivity contribution < 1.29 is 0 Å². The second kappa shape index (κ2) is 5.28. The van der Waals surface area contributed by atoms with Crippen molar-refractivity contribution in [1.29, 1.82) is 0 Å². The summed E-state index contributed by atoms with van der Waals surface area (Å²) in [5, 5.41) is 7.11. The summed E-state index contributed by atoms with van der Waals surface area (Å²) in [5.74, 6) is 0. The Morgan fingerprint density at radius 2 is 1.93 bits per heavy atom. The average molecular weight is 211 g/mol. The molecule has 2 fully saturated rings. The van der Waals surface area contributed by atoms with Crippen molar-refractivity contribution in [3.63, 3.8) is 0 Å². The van der Waals surface area contributed by atoms with Gasteiger partial charge in [0, 0.05) is 24.7 Å². The van der Waals surface area contributed by atoms with Gasteiger partial charge in [-0.1, -0.05) is 0 Å². The summed E-state index contributed by atoms with van der Waals surface area (Å²) >= 11 is 0. The molecular formula is C12H25N3. The van der Waals surface area contributed by atoms with Gasteiger partial charge in [0.05, 0.1) is 0 Å². The number of piperidine rings is 1. The fourth-order valence-electron chi connectivity index (χ4n) is 2.35. The van der Waals surface area contributed by atoms with Crippen LogP contribution in [0.15, 0.2) is 0 Å². The Hall–Kier alpha value is -0.120. The molecule has 0 aromatic carbocycles. The van der Waals surface area contributed by atoms with E-state index < -0.39 is 0 Å². The van der Waals surface area contributed by atoms with Gasteiger partial charge in [0.2, 0.25) is 0 Å². The highest BCUT2D eigenvalue weighted by atomic mass is 15.2. The molecule has 1 unspecified atom stereocenters. The molecule has 1 atom stereocenters. The van der Waals surface area contributed by atoms with E-state index in [9.17, 15) is 0 Å². The lowest BCUT2D eigenvalue weighted by molar-refractivity contribution is 0.230. The van der Waals surface area contributed by atoms with Gasteiger partial charge < -0.3 is 10.6 Å². The molecule has 0 spiro atoms. The molecule has 1 aliphatic carbocycles. The van der Waals surface area contributed by atoms with Gasteiger partial charge in [-0.2, -0.15) is 0 Å². The minimum atomic E-state index is 0.687. The maximum absolute atomic E-state index is 3.70. The van der Waals surface area contributed by atoms with Gasteiger partial charge >= 0.3 is 0 Å². The maximum Gasteiger partial charge on any atom is 0.0192 e. The highest BCUT2D eigenvalue weighted by Gasteiger charge is 2.29. The van der Waals surface area contributed by atoms with Gasteiger partial charge in [0.25, 0.3) is 0 Å². The minimum Gasteiger partial charge on any atom is -0.317 e. The third-order valence-electron chi connectivity index (χ3n) is 3.86. The largest absolute Gasteiger partial charge is 0.317 e. The van der Waals surface area contributed by atoms with E-state index in [2.05, 4.69) is 29.5 Å². The van der Waals surface area contributed by atoms with Crippen LogP contribution in [0.4, 0.5) is 0 Å². The van der Waals surface area contributed by atoms with Gasteiger partial charge in [0.1, 0.15) is 0 Å². The first-order valence-electron chi connectivity index (χ1n) is 6.43. The molecule has 1 saturated heterocycles. The van der Waals surface area contributed by atoms with E-state index in [0.717, 1.165) is 18.6 Å². The zero-order chi connectivity index (χ0) is 10.7. The molecule has 0 radical (unpaired) electrons. The van der Waals surface area contributed by atoms with Crippen molar-refractivity contribution in [3.05, 3.63) is 0 Å². The maximum atomic E-state index is 3.70. The number of rotatable bonds is 5. The Bertz CT molecular complexity index is 185. The van der Waals surface area contributed by atoms with Crippen LogP contribution in [0, 0.1) is 0 Å². The normalized spacial score (nSPS) is 25.8. The highest BCUT2D eigenvalue weighted by Crippen LogP contribution is 2.26. The quantitative estimate of drug-likeness (QED) is 0.705. The summed E-state index contributed by atoms with van der Waals surface area (Å²) in [7, 11) is 2.27. The van der Waals surface area contributed by atoms with Gasteiger partial charge in [-0.3, -0.25) is 4.90 Å². The molecule has 15 heavy (non-hydrogen) atoms.